The average Bonchev–Trinajstić information content (AvgIpc) is 3.52. The van der Waals surface area contributed by atoms with Gasteiger partial charge in [0.2, 0.25) is 0 Å². The average molecular weight is 505 g/mol. The minimum Gasteiger partial charge on any atom is -0.423 e. The Morgan fingerprint density at radius 3 is 2.18 bits per heavy atom. The smallest absolute Gasteiger partial charge is 0.335 e. The molecule has 0 radical (unpaired) electrons. The second-order valence-corrected chi connectivity index (χ2v) is 11.4. The normalized spacial score (nSPS) is 12.1. The highest BCUT2D eigenvalue weighted by atomic mass is 32.2. The quantitative estimate of drug-likeness (QED) is 0.0912. The molecule has 6 heteroatoms. The zero-order chi connectivity index (χ0) is 22.6. The van der Waals surface area contributed by atoms with E-state index in [1.54, 1.807) is 22.7 Å². The van der Waals surface area contributed by atoms with Crippen molar-refractivity contribution in [1.82, 2.24) is 0 Å². The van der Waals surface area contributed by atoms with Crippen LogP contribution in [0.2, 0.25) is 0 Å². The third-order valence-electron chi connectivity index (χ3n) is 5.18. The lowest BCUT2D eigenvalue weighted by atomic mass is 10.1. The molecule has 1 atom stereocenters. The molecule has 0 amide bonds. The second kappa shape index (κ2) is 10.2. The lowest BCUT2D eigenvalue weighted by Gasteiger charge is -2.18. The number of carbonyl (C=O) groups excluding carboxylic acids is 1. The lowest BCUT2D eigenvalue weighted by molar-refractivity contribution is -0.128. The molecule has 2 heterocycles. The van der Waals surface area contributed by atoms with E-state index in [1.807, 2.05) is 35.7 Å². The van der Waals surface area contributed by atoms with Crippen molar-refractivity contribution in [2.75, 3.05) is 5.75 Å². The Labute approximate surface area is 209 Å². The van der Waals surface area contributed by atoms with Crippen LogP contribution in [0.15, 0.2) is 106 Å². The van der Waals surface area contributed by atoms with Gasteiger partial charge in [-0.1, -0.05) is 43.0 Å². The molecular formula is C27H20O2S4. The molecule has 3 aromatic carbocycles. The number of benzene rings is 3. The first-order chi connectivity index (χ1) is 16.2. The van der Waals surface area contributed by atoms with E-state index in [-0.39, 0.29) is 5.25 Å². The van der Waals surface area contributed by atoms with Gasteiger partial charge >= 0.3 is 5.97 Å². The maximum atomic E-state index is 11.5. The first kappa shape index (κ1) is 22.3. The summed E-state index contributed by atoms with van der Waals surface area (Å²) >= 11 is 7.38. The van der Waals surface area contributed by atoms with Gasteiger partial charge in [0, 0.05) is 36.3 Å². The Kier molecular flexibility index (Phi) is 6.88. The van der Waals surface area contributed by atoms with Gasteiger partial charge in [-0.25, -0.2) is 4.79 Å². The third kappa shape index (κ3) is 5.04. The van der Waals surface area contributed by atoms with Crippen molar-refractivity contribution in [2.24, 2.45) is 0 Å². The van der Waals surface area contributed by atoms with Crippen LogP contribution in [0.1, 0.15) is 10.8 Å². The van der Waals surface area contributed by atoms with Crippen LogP contribution in [0.4, 0.5) is 0 Å². The Balaban J connectivity index is 1.43. The molecule has 0 spiro atoms. The number of hydrogen-bond donors (Lipinski definition) is 0. The van der Waals surface area contributed by atoms with Gasteiger partial charge in [-0.3, -0.25) is 0 Å². The Morgan fingerprint density at radius 2 is 1.52 bits per heavy atom. The van der Waals surface area contributed by atoms with Crippen LogP contribution in [0.5, 0.6) is 5.75 Å². The molecule has 0 saturated carbocycles. The van der Waals surface area contributed by atoms with Crippen molar-refractivity contribution in [3.05, 3.63) is 102 Å². The van der Waals surface area contributed by atoms with E-state index in [2.05, 4.69) is 78.0 Å². The molecule has 0 bridgehead atoms. The summed E-state index contributed by atoms with van der Waals surface area (Å²) in [7, 11) is 0. The fourth-order valence-electron chi connectivity index (χ4n) is 3.56. The van der Waals surface area contributed by atoms with Gasteiger partial charge in [0.05, 0.1) is 0 Å². The van der Waals surface area contributed by atoms with Crippen LogP contribution >= 0.6 is 46.2 Å². The highest BCUT2D eigenvalue weighted by molar-refractivity contribution is 8.03. The fraction of sp³-hybridized carbons (Fsp3) is 0.0741. The molecule has 0 aliphatic heterocycles. The lowest BCUT2D eigenvalue weighted by Crippen LogP contribution is -2.03. The molecule has 2 aromatic heterocycles. The predicted octanol–water partition coefficient (Wildman–Crippen LogP) is 8.83. The van der Waals surface area contributed by atoms with Crippen LogP contribution in [0.25, 0.3) is 20.2 Å². The SMILES string of the molecule is C=CC(=O)Oc1ccc(C(CSc2cccc3ccsc23)Sc2cccc3ccsc23)cc1. The van der Waals surface area contributed by atoms with Gasteiger partial charge < -0.3 is 4.74 Å². The Bertz CT molecular complexity index is 1420. The predicted molar refractivity (Wildman–Crippen MR) is 145 cm³/mol. The molecule has 1 unspecified atom stereocenters. The minimum atomic E-state index is -0.447. The van der Waals surface area contributed by atoms with E-state index in [0.29, 0.717) is 5.75 Å². The first-order valence-corrected chi connectivity index (χ1v) is 14.0. The van der Waals surface area contributed by atoms with Crippen molar-refractivity contribution in [2.45, 2.75) is 15.0 Å². The zero-order valence-corrected chi connectivity index (χ0v) is 20.9. The molecule has 0 fully saturated rings. The van der Waals surface area contributed by atoms with Gasteiger partial charge in [0.25, 0.3) is 0 Å². The monoisotopic (exact) mass is 504 g/mol. The van der Waals surface area contributed by atoms with E-state index >= 15 is 0 Å². The van der Waals surface area contributed by atoms with Crippen LogP contribution in [0.3, 0.4) is 0 Å². The summed E-state index contributed by atoms with van der Waals surface area (Å²) in [6.07, 6.45) is 1.18. The standard InChI is InChI=1S/C27H20O2S4/c1-2-25(28)29-21-11-9-18(10-12-21)24(33-23-8-4-6-20-14-16-31-27(20)23)17-32-22-7-3-5-19-13-15-30-26(19)22/h2-16,24H,1,17H2. The summed E-state index contributed by atoms with van der Waals surface area (Å²) in [5.41, 5.74) is 1.21. The van der Waals surface area contributed by atoms with E-state index in [4.69, 9.17) is 4.74 Å². The minimum absolute atomic E-state index is 0.238. The van der Waals surface area contributed by atoms with Crippen molar-refractivity contribution in [3.63, 3.8) is 0 Å². The number of carbonyl (C=O) groups is 1. The molecule has 0 aliphatic rings. The topological polar surface area (TPSA) is 26.3 Å². The number of esters is 1. The van der Waals surface area contributed by atoms with Gasteiger partial charge in [0.1, 0.15) is 5.75 Å². The highest BCUT2D eigenvalue weighted by Gasteiger charge is 2.17. The summed E-state index contributed by atoms with van der Waals surface area (Å²) < 4.78 is 7.94. The maximum absolute atomic E-state index is 11.5. The summed E-state index contributed by atoms with van der Waals surface area (Å²) in [6.45, 7) is 3.46. The summed E-state index contributed by atoms with van der Waals surface area (Å²) in [4.78, 5) is 14.2. The van der Waals surface area contributed by atoms with Gasteiger partial charge in [-0.05, 0) is 63.5 Å². The van der Waals surface area contributed by atoms with E-state index in [1.165, 1.54) is 41.6 Å². The third-order valence-corrected chi connectivity index (χ3v) is 10.0. The fourth-order valence-corrected chi connectivity index (χ4v) is 8.19. The van der Waals surface area contributed by atoms with E-state index in [0.717, 1.165) is 5.75 Å². The molecule has 0 N–H and O–H groups in total. The summed E-state index contributed by atoms with van der Waals surface area (Å²) in [5.74, 6) is 1.01. The second-order valence-electron chi connectivity index (χ2n) is 7.30. The molecule has 0 aliphatic carbocycles. The van der Waals surface area contributed by atoms with Gasteiger partial charge in [0.15, 0.2) is 0 Å². The van der Waals surface area contributed by atoms with E-state index < -0.39 is 5.97 Å². The van der Waals surface area contributed by atoms with Crippen molar-refractivity contribution in [3.8, 4) is 5.75 Å². The van der Waals surface area contributed by atoms with Crippen molar-refractivity contribution in [1.29, 1.82) is 0 Å². The number of thioether (sulfide) groups is 2. The van der Waals surface area contributed by atoms with Crippen LogP contribution in [-0.4, -0.2) is 11.7 Å². The molecule has 5 aromatic rings. The number of fused-ring (bicyclic) bond motifs is 2. The Morgan fingerprint density at radius 1 is 0.879 bits per heavy atom. The van der Waals surface area contributed by atoms with E-state index in [9.17, 15) is 4.79 Å². The van der Waals surface area contributed by atoms with Crippen LogP contribution in [-0.2, 0) is 4.79 Å². The van der Waals surface area contributed by atoms with Crippen molar-refractivity contribution >= 4 is 72.3 Å². The number of rotatable bonds is 8. The van der Waals surface area contributed by atoms with Gasteiger partial charge in [-0.15, -0.1) is 46.2 Å². The number of ether oxygens (including phenoxy) is 1. The molecular weight excluding hydrogens is 485 g/mol. The van der Waals surface area contributed by atoms with Crippen LogP contribution in [0, 0.1) is 0 Å². The van der Waals surface area contributed by atoms with Gasteiger partial charge in [-0.2, -0.15) is 0 Å². The molecule has 164 valence electrons. The largest absolute Gasteiger partial charge is 0.423 e. The van der Waals surface area contributed by atoms with Crippen molar-refractivity contribution < 1.29 is 9.53 Å². The highest BCUT2D eigenvalue weighted by Crippen LogP contribution is 2.44. The van der Waals surface area contributed by atoms with Crippen LogP contribution < -0.4 is 4.74 Å². The summed E-state index contributed by atoms with van der Waals surface area (Å²) in [6, 6.07) is 25.2. The molecule has 2 nitrogen and oxygen atoms in total. The Hall–Kier alpha value is -2.51. The first-order valence-electron chi connectivity index (χ1n) is 10.4. The molecule has 0 saturated heterocycles. The number of hydrogen-bond acceptors (Lipinski definition) is 6. The molecule has 5 rings (SSSR count). The maximum Gasteiger partial charge on any atom is 0.335 e. The zero-order valence-electron chi connectivity index (χ0n) is 17.6. The molecule has 33 heavy (non-hydrogen) atoms. The summed E-state index contributed by atoms with van der Waals surface area (Å²) in [5, 5.41) is 7.12. The number of thiophene rings is 2.